The van der Waals surface area contributed by atoms with Crippen molar-refractivity contribution in [1.82, 2.24) is 20.3 Å². The normalized spacial score (nSPS) is 14.6. The Morgan fingerprint density at radius 1 is 1.00 bits per heavy atom. The van der Waals surface area contributed by atoms with Gasteiger partial charge in [0.05, 0.1) is 11.2 Å². The van der Waals surface area contributed by atoms with Crippen LogP contribution in [0.1, 0.15) is 12.8 Å². The van der Waals surface area contributed by atoms with Gasteiger partial charge in [-0.2, -0.15) is 0 Å². The van der Waals surface area contributed by atoms with Gasteiger partial charge in [0.25, 0.3) is 0 Å². The number of fused-ring (bicyclic) bond motifs is 1. The highest BCUT2D eigenvalue weighted by atomic mass is 19.1. The summed E-state index contributed by atoms with van der Waals surface area (Å²) >= 11 is 0. The molecule has 31 heavy (non-hydrogen) atoms. The Hall–Kier alpha value is -3.58. The molecule has 1 saturated heterocycles. The number of benzene rings is 2. The molecular weight excluding hydrogens is 393 g/mol. The van der Waals surface area contributed by atoms with Crippen molar-refractivity contribution in [3.8, 4) is 28.1 Å². The summed E-state index contributed by atoms with van der Waals surface area (Å²) in [7, 11) is 0. The molecule has 3 N–H and O–H groups in total. The fourth-order valence-electron chi connectivity index (χ4n) is 3.96. The molecule has 1 aliphatic rings. The molecule has 6 nitrogen and oxygen atoms in total. The van der Waals surface area contributed by atoms with Gasteiger partial charge in [-0.1, -0.05) is 18.2 Å². The van der Waals surface area contributed by atoms with E-state index in [0.717, 1.165) is 53.7 Å². The van der Waals surface area contributed by atoms with Crippen LogP contribution >= 0.6 is 0 Å². The third kappa shape index (κ3) is 4.04. The molecular formula is C24H22FN5O. The van der Waals surface area contributed by atoms with Crippen LogP contribution in [0.15, 0.2) is 60.9 Å². The third-order valence-electron chi connectivity index (χ3n) is 5.48. The zero-order chi connectivity index (χ0) is 21.2. The van der Waals surface area contributed by atoms with E-state index in [2.05, 4.69) is 20.3 Å². The number of halogens is 1. The van der Waals surface area contributed by atoms with Gasteiger partial charge in [-0.25, -0.2) is 14.4 Å². The topological polar surface area (TPSA) is 86.0 Å². The SMILES string of the molecule is Nc1ncc2cc(-c3ncccc3-c3cccc(F)c3)c(OC3CCNCC3)cc2n1. The lowest BCUT2D eigenvalue weighted by Gasteiger charge is -2.25. The van der Waals surface area contributed by atoms with Crippen molar-refractivity contribution in [3.05, 3.63) is 66.7 Å². The Kier molecular flexibility index (Phi) is 5.18. The van der Waals surface area contributed by atoms with Crippen LogP contribution < -0.4 is 15.8 Å². The standard InChI is InChI=1S/C24H22FN5O/c25-17-4-1-3-15(11-17)19-5-2-8-28-23(19)20-12-16-14-29-24(26)30-21(16)13-22(20)31-18-6-9-27-10-7-18/h1-5,8,11-14,18,27H,6-7,9-10H2,(H2,26,29,30). The van der Waals surface area contributed by atoms with Crippen molar-refractivity contribution in [2.75, 3.05) is 18.8 Å². The average molecular weight is 415 g/mol. The lowest BCUT2D eigenvalue weighted by molar-refractivity contribution is 0.163. The first-order valence-corrected chi connectivity index (χ1v) is 10.3. The van der Waals surface area contributed by atoms with Gasteiger partial charge < -0.3 is 15.8 Å². The highest BCUT2D eigenvalue weighted by Crippen LogP contribution is 2.39. The summed E-state index contributed by atoms with van der Waals surface area (Å²) in [5.74, 6) is 0.612. The fraction of sp³-hybridized carbons (Fsp3) is 0.208. The first-order valence-electron chi connectivity index (χ1n) is 10.3. The van der Waals surface area contributed by atoms with Gasteiger partial charge in [0, 0.05) is 35.0 Å². The number of aromatic nitrogens is 3. The zero-order valence-electron chi connectivity index (χ0n) is 16.9. The number of pyridine rings is 1. The summed E-state index contributed by atoms with van der Waals surface area (Å²) < 4.78 is 20.4. The van der Waals surface area contributed by atoms with Crippen LogP contribution in [-0.4, -0.2) is 34.1 Å². The first kappa shape index (κ1) is 19.4. The van der Waals surface area contributed by atoms with Crippen molar-refractivity contribution in [2.24, 2.45) is 0 Å². The Morgan fingerprint density at radius 3 is 2.71 bits per heavy atom. The quantitative estimate of drug-likeness (QED) is 0.519. The van der Waals surface area contributed by atoms with E-state index < -0.39 is 0 Å². The molecule has 0 saturated carbocycles. The van der Waals surface area contributed by atoms with Gasteiger partial charge in [0.15, 0.2) is 0 Å². The van der Waals surface area contributed by atoms with Crippen LogP contribution in [0, 0.1) is 5.82 Å². The largest absolute Gasteiger partial charge is 0.490 e. The van der Waals surface area contributed by atoms with Crippen LogP contribution in [-0.2, 0) is 0 Å². The molecule has 0 bridgehead atoms. The summed E-state index contributed by atoms with van der Waals surface area (Å²) in [6, 6.07) is 14.2. The van der Waals surface area contributed by atoms with Gasteiger partial charge in [0.1, 0.15) is 17.7 Å². The van der Waals surface area contributed by atoms with Gasteiger partial charge in [-0.05, 0) is 55.8 Å². The molecule has 2 aromatic carbocycles. The van der Waals surface area contributed by atoms with Crippen molar-refractivity contribution in [1.29, 1.82) is 0 Å². The van der Waals surface area contributed by atoms with Crippen molar-refractivity contribution in [3.63, 3.8) is 0 Å². The van der Waals surface area contributed by atoms with E-state index in [9.17, 15) is 4.39 Å². The van der Waals surface area contributed by atoms with Gasteiger partial charge in [-0.15, -0.1) is 0 Å². The Labute approximate surface area is 179 Å². The van der Waals surface area contributed by atoms with E-state index in [-0.39, 0.29) is 17.9 Å². The average Bonchev–Trinajstić information content (AvgIpc) is 2.79. The predicted molar refractivity (Wildman–Crippen MR) is 119 cm³/mol. The van der Waals surface area contributed by atoms with Crippen LogP contribution in [0.5, 0.6) is 5.75 Å². The van der Waals surface area contributed by atoms with Gasteiger partial charge in [0.2, 0.25) is 5.95 Å². The molecule has 0 radical (unpaired) electrons. The number of nitrogen functional groups attached to an aromatic ring is 1. The number of hydrogen-bond acceptors (Lipinski definition) is 6. The predicted octanol–water partition coefficient (Wildman–Crippen LogP) is 4.21. The highest BCUT2D eigenvalue weighted by Gasteiger charge is 2.20. The van der Waals surface area contributed by atoms with Crippen LogP contribution in [0.25, 0.3) is 33.3 Å². The summed E-state index contributed by atoms with van der Waals surface area (Å²) in [5.41, 5.74) is 9.63. The summed E-state index contributed by atoms with van der Waals surface area (Å²) in [4.78, 5) is 13.1. The van der Waals surface area contributed by atoms with Gasteiger partial charge in [-0.3, -0.25) is 4.98 Å². The molecule has 0 atom stereocenters. The first-order chi connectivity index (χ1) is 15.2. The maximum Gasteiger partial charge on any atom is 0.220 e. The minimum atomic E-state index is -0.291. The lowest BCUT2D eigenvalue weighted by Crippen LogP contribution is -2.34. The van der Waals surface area contributed by atoms with Crippen molar-refractivity contribution in [2.45, 2.75) is 18.9 Å². The molecule has 3 heterocycles. The van der Waals surface area contributed by atoms with E-state index >= 15 is 0 Å². The van der Waals surface area contributed by atoms with E-state index in [1.807, 2.05) is 30.3 Å². The number of hydrogen-bond donors (Lipinski definition) is 2. The van der Waals surface area contributed by atoms with E-state index in [0.29, 0.717) is 11.3 Å². The molecule has 1 fully saturated rings. The Balaban J connectivity index is 1.68. The number of rotatable bonds is 4. The molecule has 7 heteroatoms. The van der Waals surface area contributed by atoms with E-state index in [4.69, 9.17) is 10.5 Å². The summed E-state index contributed by atoms with van der Waals surface area (Å²) in [5, 5.41) is 4.19. The van der Waals surface area contributed by atoms with Crippen LogP contribution in [0.3, 0.4) is 0 Å². The number of nitrogens with two attached hydrogens (primary N) is 1. The summed E-state index contributed by atoms with van der Waals surface area (Å²) in [6.07, 6.45) is 5.36. The molecule has 0 unspecified atom stereocenters. The molecule has 4 aromatic rings. The molecule has 0 amide bonds. The molecule has 2 aromatic heterocycles. The van der Waals surface area contributed by atoms with Crippen LogP contribution in [0.2, 0.25) is 0 Å². The van der Waals surface area contributed by atoms with E-state index in [1.54, 1.807) is 18.5 Å². The minimum absolute atomic E-state index is 0.0953. The van der Waals surface area contributed by atoms with Crippen molar-refractivity contribution >= 4 is 16.9 Å². The second kappa shape index (κ2) is 8.28. The molecule has 0 spiro atoms. The number of ether oxygens (including phenoxy) is 1. The van der Waals surface area contributed by atoms with E-state index in [1.165, 1.54) is 12.1 Å². The molecule has 5 rings (SSSR count). The monoisotopic (exact) mass is 415 g/mol. The maximum absolute atomic E-state index is 13.9. The molecule has 156 valence electrons. The maximum atomic E-state index is 13.9. The fourth-order valence-corrected chi connectivity index (χ4v) is 3.96. The lowest BCUT2D eigenvalue weighted by atomic mass is 9.97. The zero-order valence-corrected chi connectivity index (χ0v) is 16.9. The second-order valence-electron chi connectivity index (χ2n) is 7.61. The van der Waals surface area contributed by atoms with Gasteiger partial charge >= 0.3 is 0 Å². The minimum Gasteiger partial charge on any atom is -0.490 e. The highest BCUT2D eigenvalue weighted by molar-refractivity contribution is 5.91. The molecule has 0 aliphatic carbocycles. The van der Waals surface area contributed by atoms with Crippen molar-refractivity contribution < 1.29 is 9.13 Å². The smallest absolute Gasteiger partial charge is 0.220 e. The Bertz CT molecular complexity index is 1240. The number of nitrogens with zero attached hydrogens (tertiary/aromatic N) is 3. The number of piperidine rings is 1. The second-order valence-corrected chi connectivity index (χ2v) is 7.61. The number of nitrogens with one attached hydrogen (secondary N) is 1. The van der Waals surface area contributed by atoms with Crippen LogP contribution in [0.4, 0.5) is 10.3 Å². The summed E-state index contributed by atoms with van der Waals surface area (Å²) in [6.45, 7) is 1.83. The number of anilines is 1. The molecule has 1 aliphatic heterocycles. The third-order valence-corrected chi connectivity index (χ3v) is 5.48. The Morgan fingerprint density at radius 2 is 1.87 bits per heavy atom.